The van der Waals surface area contributed by atoms with Crippen molar-refractivity contribution < 1.29 is 9.18 Å². The van der Waals surface area contributed by atoms with Crippen LogP contribution in [0.3, 0.4) is 0 Å². The maximum atomic E-state index is 12.8. The summed E-state index contributed by atoms with van der Waals surface area (Å²) in [4.78, 5) is 14.1. The number of hydrogen-bond donors (Lipinski definition) is 1. The molecule has 3 nitrogen and oxygen atoms in total. The Bertz CT molecular complexity index is 410. The summed E-state index contributed by atoms with van der Waals surface area (Å²) in [7, 11) is 0. The number of hydrogen-bond acceptors (Lipinski definition) is 2. The molecule has 1 fully saturated rings. The Balaban J connectivity index is 0.00000180. The zero-order valence-electron chi connectivity index (χ0n) is 10.8. The van der Waals surface area contributed by atoms with Gasteiger partial charge < -0.3 is 10.6 Å². The Morgan fingerprint density at radius 1 is 1.32 bits per heavy atom. The predicted octanol–water partition coefficient (Wildman–Crippen LogP) is 2.13. The lowest BCUT2D eigenvalue weighted by molar-refractivity contribution is -0.133. The number of rotatable bonds is 3. The summed E-state index contributed by atoms with van der Waals surface area (Å²) in [5, 5.41) is 0. The van der Waals surface area contributed by atoms with Crippen LogP contribution in [-0.4, -0.2) is 29.9 Å². The van der Waals surface area contributed by atoms with Crippen LogP contribution in [0, 0.1) is 5.82 Å². The van der Waals surface area contributed by atoms with Gasteiger partial charge in [-0.3, -0.25) is 4.79 Å². The molecule has 1 aromatic carbocycles. The molecule has 0 spiro atoms. The number of likely N-dealkylation sites (tertiary alicyclic amines) is 1. The molecule has 0 saturated carbocycles. The van der Waals surface area contributed by atoms with E-state index in [1.807, 2.05) is 4.90 Å². The van der Waals surface area contributed by atoms with E-state index in [2.05, 4.69) is 0 Å². The minimum atomic E-state index is -0.274. The summed E-state index contributed by atoms with van der Waals surface area (Å²) in [5.41, 5.74) is 6.55. The van der Waals surface area contributed by atoms with Gasteiger partial charge in [0.15, 0.2) is 0 Å². The van der Waals surface area contributed by atoms with Crippen molar-refractivity contribution in [2.24, 2.45) is 5.73 Å². The van der Waals surface area contributed by atoms with E-state index in [9.17, 15) is 9.18 Å². The number of halogens is 2. The number of carbonyl (C=O) groups is 1. The lowest BCUT2D eigenvalue weighted by Gasteiger charge is -2.35. The first-order valence-corrected chi connectivity index (χ1v) is 6.44. The van der Waals surface area contributed by atoms with Crippen molar-refractivity contribution in [2.75, 3.05) is 13.1 Å². The molecule has 0 radical (unpaired) electrons. The fraction of sp³-hybridized carbons (Fsp3) is 0.500. The molecule has 1 heterocycles. The first kappa shape index (κ1) is 15.9. The van der Waals surface area contributed by atoms with Crippen molar-refractivity contribution in [3.05, 3.63) is 35.6 Å². The van der Waals surface area contributed by atoms with Crippen LogP contribution in [-0.2, 0) is 11.2 Å². The molecule has 1 saturated heterocycles. The Hall–Kier alpha value is -1.13. The monoisotopic (exact) mass is 286 g/mol. The van der Waals surface area contributed by atoms with Crippen LogP contribution < -0.4 is 5.73 Å². The van der Waals surface area contributed by atoms with E-state index in [1.165, 1.54) is 12.1 Å². The van der Waals surface area contributed by atoms with E-state index in [0.29, 0.717) is 13.0 Å². The third-order valence-electron chi connectivity index (χ3n) is 3.49. The van der Waals surface area contributed by atoms with Gasteiger partial charge in [-0.15, -0.1) is 12.4 Å². The van der Waals surface area contributed by atoms with Gasteiger partial charge in [0, 0.05) is 19.1 Å². The highest BCUT2D eigenvalue weighted by Gasteiger charge is 2.25. The van der Waals surface area contributed by atoms with Gasteiger partial charge in [-0.25, -0.2) is 4.39 Å². The van der Waals surface area contributed by atoms with Crippen molar-refractivity contribution in [3.63, 3.8) is 0 Å². The molecule has 1 aliphatic heterocycles. The molecule has 2 N–H and O–H groups in total. The largest absolute Gasteiger partial charge is 0.338 e. The minimum absolute atomic E-state index is 0. The molecule has 0 aliphatic carbocycles. The summed E-state index contributed by atoms with van der Waals surface area (Å²) in [6, 6.07) is 6.27. The highest BCUT2D eigenvalue weighted by molar-refractivity contribution is 5.85. The molecule has 2 rings (SSSR count). The molecule has 0 aromatic heterocycles. The van der Waals surface area contributed by atoms with Crippen molar-refractivity contribution in [1.29, 1.82) is 0 Å². The molecular weight excluding hydrogens is 267 g/mol. The van der Waals surface area contributed by atoms with Crippen LogP contribution >= 0.6 is 12.4 Å². The molecule has 1 atom stereocenters. The molecule has 106 valence electrons. The zero-order chi connectivity index (χ0) is 13.0. The second-order valence-electron chi connectivity index (χ2n) is 4.78. The fourth-order valence-corrected chi connectivity index (χ4v) is 2.45. The summed E-state index contributed by atoms with van der Waals surface area (Å²) in [6.07, 6.45) is 3.51. The fourth-order valence-electron chi connectivity index (χ4n) is 2.45. The summed E-state index contributed by atoms with van der Waals surface area (Å²) < 4.78 is 12.8. The van der Waals surface area contributed by atoms with Gasteiger partial charge in [0.25, 0.3) is 0 Å². The molecular formula is C14H20ClFN2O. The average Bonchev–Trinajstić information content (AvgIpc) is 2.41. The lowest BCUT2D eigenvalue weighted by Crippen LogP contribution is -2.48. The number of piperidine rings is 1. The van der Waals surface area contributed by atoms with Crippen LogP contribution in [0.25, 0.3) is 0 Å². The smallest absolute Gasteiger partial charge is 0.227 e. The van der Waals surface area contributed by atoms with Crippen molar-refractivity contribution in [3.8, 4) is 0 Å². The van der Waals surface area contributed by atoms with E-state index in [-0.39, 0.29) is 30.2 Å². The zero-order valence-corrected chi connectivity index (χ0v) is 11.7. The van der Waals surface area contributed by atoms with Crippen LogP contribution in [0.15, 0.2) is 24.3 Å². The Kier molecular flexibility index (Phi) is 6.25. The van der Waals surface area contributed by atoms with Crippen molar-refractivity contribution in [1.82, 2.24) is 4.90 Å². The van der Waals surface area contributed by atoms with E-state index >= 15 is 0 Å². The van der Waals surface area contributed by atoms with Gasteiger partial charge in [-0.1, -0.05) is 12.1 Å². The highest BCUT2D eigenvalue weighted by Crippen LogP contribution is 2.17. The SMILES string of the molecule is Cl.NCC1CCCCN1C(=O)Cc1ccc(F)cc1. The van der Waals surface area contributed by atoms with E-state index in [0.717, 1.165) is 31.4 Å². The first-order valence-electron chi connectivity index (χ1n) is 6.44. The van der Waals surface area contributed by atoms with Crippen LogP contribution in [0.5, 0.6) is 0 Å². The highest BCUT2D eigenvalue weighted by atomic mass is 35.5. The third kappa shape index (κ3) is 4.18. The molecule has 1 amide bonds. The molecule has 5 heteroatoms. The summed E-state index contributed by atoms with van der Waals surface area (Å²) in [5.74, 6) is -0.180. The number of nitrogens with zero attached hydrogens (tertiary/aromatic N) is 1. The Labute approximate surface area is 119 Å². The topological polar surface area (TPSA) is 46.3 Å². The van der Waals surface area contributed by atoms with E-state index in [1.54, 1.807) is 12.1 Å². The Morgan fingerprint density at radius 3 is 2.63 bits per heavy atom. The van der Waals surface area contributed by atoms with E-state index in [4.69, 9.17) is 5.73 Å². The second kappa shape index (κ2) is 7.46. The lowest BCUT2D eigenvalue weighted by atomic mass is 10.0. The maximum Gasteiger partial charge on any atom is 0.227 e. The van der Waals surface area contributed by atoms with Gasteiger partial charge in [-0.2, -0.15) is 0 Å². The van der Waals surface area contributed by atoms with Gasteiger partial charge in [0.05, 0.1) is 6.42 Å². The first-order chi connectivity index (χ1) is 8.70. The number of nitrogens with two attached hydrogens (primary N) is 1. The standard InChI is InChI=1S/C14H19FN2O.ClH/c15-12-6-4-11(5-7-12)9-14(18)17-8-2-1-3-13(17)10-16;/h4-7,13H,1-3,8-10,16H2;1H. The van der Waals surface area contributed by atoms with Crippen molar-refractivity contribution in [2.45, 2.75) is 31.7 Å². The quantitative estimate of drug-likeness (QED) is 0.925. The number of amides is 1. The Morgan fingerprint density at radius 2 is 2.00 bits per heavy atom. The second-order valence-corrected chi connectivity index (χ2v) is 4.78. The van der Waals surface area contributed by atoms with Gasteiger partial charge in [0.2, 0.25) is 5.91 Å². The minimum Gasteiger partial charge on any atom is -0.338 e. The van der Waals surface area contributed by atoms with Crippen LogP contribution in [0.4, 0.5) is 4.39 Å². The third-order valence-corrected chi connectivity index (χ3v) is 3.49. The summed E-state index contributed by atoms with van der Waals surface area (Å²) >= 11 is 0. The normalized spacial score (nSPS) is 18.8. The summed E-state index contributed by atoms with van der Waals surface area (Å²) in [6.45, 7) is 1.32. The molecule has 1 unspecified atom stereocenters. The van der Waals surface area contributed by atoms with Gasteiger partial charge in [0.1, 0.15) is 5.82 Å². The maximum absolute atomic E-state index is 12.8. The average molecular weight is 287 g/mol. The molecule has 1 aromatic rings. The number of benzene rings is 1. The van der Waals surface area contributed by atoms with Crippen LogP contribution in [0.1, 0.15) is 24.8 Å². The van der Waals surface area contributed by atoms with Crippen LogP contribution in [0.2, 0.25) is 0 Å². The van der Waals surface area contributed by atoms with Gasteiger partial charge >= 0.3 is 0 Å². The predicted molar refractivity (Wildman–Crippen MR) is 75.8 cm³/mol. The molecule has 19 heavy (non-hydrogen) atoms. The van der Waals surface area contributed by atoms with Gasteiger partial charge in [-0.05, 0) is 37.0 Å². The molecule has 1 aliphatic rings. The van der Waals surface area contributed by atoms with Crippen molar-refractivity contribution >= 4 is 18.3 Å². The molecule has 0 bridgehead atoms. The van der Waals surface area contributed by atoms with E-state index < -0.39 is 0 Å². The number of carbonyl (C=O) groups excluding carboxylic acids is 1.